The van der Waals surface area contributed by atoms with Crippen molar-refractivity contribution in [2.75, 3.05) is 5.32 Å². The van der Waals surface area contributed by atoms with E-state index < -0.39 is 32.5 Å². The molecule has 1 heterocycles. The van der Waals surface area contributed by atoms with Gasteiger partial charge in [-0.3, -0.25) is 4.79 Å². The third kappa shape index (κ3) is 4.52. The number of benzene rings is 2. The Labute approximate surface area is 166 Å². The number of amides is 1. The Morgan fingerprint density at radius 3 is 2.50 bits per heavy atom. The topological polar surface area (TPSA) is 89.0 Å². The Morgan fingerprint density at radius 2 is 1.82 bits per heavy atom. The molecule has 0 unspecified atom stereocenters. The lowest BCUT2D eigenvalue weighted by Crippen LogP contribution is -2.18. The molecule has 0 spiro atoms. The molecule has 0 atom stereocenters. The number of halogens is 2. The first-order valence-electron chi connectivity index (χ1n) is 8.13. The van der Waals surface area contributed by atoms with Crippen molar-refractivity contribution >= 4 is 33.0 Å². The van der Waals surface area contributed by atoms with Gasteiger partial charge in [0.2, 0.25) is 15.0 Å². The fourth-order valence-corrected chi connectivity index (χ4v) is 3.80. The van der Waals surface area contributed by atoms with Crippen LogP contribution in [0.15, 0.2) is 59.9 Å². The van der Waals surface area contributed by atoms with E-state index in [2.05, 4.69) is 15.3 Å². The number of anilines is 1. The van der Waals surface area contributed by atoms with E-state index in [9.17, 15) is 17.6 Å². The van der Waals surface area contributed by atoms with E-state index >= 15 is 0 Å². The number of para-hydroxylation sites is 1. The summed E-state index contributed by atoms with van der Waals surface area (Å²) >= 11 is 6.00. The summed E-state index contributed by atoms with van der Waals surface area (Å²) < 4.78 is 38.2. The van der Waals surface area contributed by atoms with Crippen molar-refractivity contribution in [3.63, 3.8) is 0 Å². The second-order valence-corrected chi connectivity index (χ2v) is 8.29. The van der Waals surface area contributed by atoms with Crippen LogP contribution in [0.5, 0.6) is 0 Å². The van der Waals surface area contributed by atoms with Crippen molar-refractivity contribution in [2.24, 2.45) is 0 Å². The number of carbonyl (C=O) groups is 1. The van der Waals surface area contributed by atoms with E-state index in [4.69, 9.17) is 11.6 Å². The molecule has 0 fully saturated rings. The zero-order valence-corrected chi connectivity index (χ0v) is 16.3. The lowest BCUT2D eigenvalue weighted by atomic mass is 10.2. The average molecular weight is 420 g/mol. The Morgan fingerprint density at radius 1 is 1.14 bits per heavy atom. The number of sulfone groups is 1. The highest BCUT2D eigenvalue weighted by molar-refractivity contribution is 7.90. The summed E-state index contributed by atoms with van der Waals surface area (Å²) in [6.45, 7) is 1.82. The quantitative estimate of drug-likeness (QED) is 0.635. The second kappa shape index (κ2) is 8.04. The van der Waals surface area contributed by atoms with Gasteiger partial charge in [0.25, 0.3) is 5.91 Å². The molecule has 0 radical (unpaired) electrons. The number of carbonyl (C=O) groups excluding carboxylic acids is 1. The van der Waals surface area contributed by atoms with Gasteiger partial charge in [-0.1, -0.05) is 41.9 Å². The van der Waals surface area contributed by atoms with Gasteiger partial charge in [0.05, 0.1) is 17.0 Å². The summed E-state index contributed by atoms with van der Waals surface area (Å²) in [5.74, 6) is -1.56. The van der Waals surface area contributed by atoms with Gasteiger partial charge in [0.1, 0.15) is 5.82 Å². The first-order valence-corrected chi connectivity index (χ1v) is 10.2. The minimum atomic E-state index is -3.96. The SMILES string of the molecule is Cc1ccccc1NC(=O)c1nc(S(=O)(=O)Cc2ccc(F)cc2)ncc1Cl. The highest BCUT2D eigenvalue weighted by Crippen LogP contribution is 2.20. The van der Waals surface area contributed by atoms with Crippen LogP contribution in [0.2, 0.25) is 5.02 Å². The normalized spacial score (nSPS) is 11.2. The standard InChI is InChI=1S/C19H15ClFN3O3S/c1-12-4-2-3-5-16(12)23-18(25)17-15(20)10-22-19(24-17)28(26,27)11-13-6-8-14(21)9-7-13/h2-10H,11H2,1H3,(H,23,25). The fraction of sp³-hybridized carbons (Fsp3) is 0.105. The molecule has 3 rings (SSSR count). The molecule has 0 aliphatic heterocycles. The van der Waals surface area contributed by atoms with Crippen molar-refractivity contribution in [3.05, 3.63) is 82.4 Å². The number of hydrogen-bond acceptors (Lipinski definition) is 5. The molecule has 3 aromatic rings. The summed E-state index contributed by atoms with van der Waals surface area (Å²) in [6, 6.07) is 12.1. The van der Waals surface area contributed by atoms with Crippen LogP contribution >= 0.6 is 11.6 Å². The maximum absolute atomic E-state index is 13.0. The van der Waals surface area contributed by atoms with Crippen LogP contribution in [-0.4, -0.2) is 24.3 Å². The summed E-state index contributed by atoms with van der Waals surface area (Å²) in [5, 5.41) is 2.04. The highest BCUT2D eigenvalue weighted by atomic mass is 35.5. The van der Waals surface area contributed by atoms with Crippen LogP contribution in [-0.2, 0) is 15.6 Å². The lowest BCUT2D eigenvalue weighted by molar-refractivity contribution is 0.102. The number of aryl methyl sites for hydroxylation is 1. The summed E-state index contributed by atoms with van der Waals surface area (Å²) in [6.07, 6.45) is 1.07. The van der Waals surface area contributed by atoms with Crippen molar-refractivity contribution in [1.82, 2.24) is 9.97 Å². The van der Waals surface area contributed by atoms with Crippen LogP contribution < -0.4 is 5.32 Å². The van der Waals surface area contributed by atoms with Crippen molar-refractivity contribution in [2.45, 2.75) is 17.8 Å². The molecule has 1 aromatic heterocycles. The molecule has 0 saturated heterocycles. The van der Waals surface area contributed by atoms with E-state index in [0.29, 0.717) is 11.3 Å². The highest BCUT2D eigenvalue weighted by Gasteiger charge is 2.23. The van der Waals surface area contributed by atoms with Gasteiger partial charge in [-0.2, -0.15) is 0 Å². The van der Waals surface area contributed by atoms with Crippen LogP contribution in [0.3, 0.4) is 0 Å². The number of aromatic nitrogens is 2. The first kappa shape index (κ1) is 19.9. The van der Waals surface area contributed by atoms with E-state index in [-0.39, 0.29) is 10.7 Å². The van der Waals surface area contributed by atoms with Crippen molar-refractivity contribution < 1.29 is 17.6 Å². The van der Waals surface area contributed by atoms with Gasteiger partial charge in [-0.05, 0) is 36.2 Å². The molecular weight excluding hydrogens is 405 g/mol. The Bertz CT molecular complexity index is 1140. The zero-order chi connectivity index (χ0) is 20.3. The fourth-order valence-electron chi connectivity index (χ4n) is 2.42. The predicted molar refractivity (Wildman–Crippen MR) is 103 cm³/mol. The predicted octanol–water partition coefficient (Wildman–Crippen LogP) is 3.80. The van der Waals surface area contributed by atoms with Crippen LogP contribution in [0.25, 0.3) is 0 Å². The van der Waals surface area contributed by atoms with Gasteiger partial charge >= 0.3 is 0 Å². The Hall–Kier alpha value is -2.84. The van der Waals surface area contributed by atoms with Gasteiger partial charge < -0.3 is 5.32 Å². The molecule has 0 saturated carbocycles. The summed E-state index contributed by atoms with van der Waals surface area (Å²) in [4.78, 5) is 20.2. The van der Waals surface area contributed by atoms with Crippen molar-refractivity contribution in [3.8, 4) is 0 Å². The molecule has 1 amide bonds. The third-order valence-corrected chi connectivity index (χ3v) is 5.62. The van der Waals surface area contributed by atoms with Crippen molar-refractivity contribution in [1.29, 1.82) is 0 Å². The first-order chi connectivity index (χ1) is 13.3. The second-order valence-electron chi connectivity index (χ2n) is 6.00. The van der Waals surface area contributed by atoms with Gasteiger partial charge in [0, 0.05) is 5.69 Å². The number of nitrogens with zero attached hydrogens (tertiary/aromatic N) is 2. The van der Waals surface area contributed by atoms with E-state index in [1.807, 2.05) is 19.1 Å². The van der Waals surface area contributed by atoms with Crippen LogP contribution in [0, 0.1) is 12.7 Å². The molecule has 9 heteroatoms. The number of rotatable bonds is 5. The molecule has 144 valence electrons. The zero-order valence-electron chi connectivity index (χ0n) is 14.7. The number of nitrogens with one attached hydrogen (secondary N) is 1. The monoisotopic (exact) mass is 419 g/mol. The average Bonchev–Trinajstić information content (AvgIpc) is 2.65. The molecule has 0 bridgehead atoms. The van der Waals surface area contributed by atoms with E-state index in [0.717, 1.165) is 23.9 Å². The van der Waals surface area contributed by atoms with Gasteiger partial charge in [-0.25, -0.2) is 22.8 Å². The molecule has 6 nitrogen and oxygen atoms in total. The van der Waals surface area contributed by atoms with E-state index in [1.165, 1.54) is 12.1 Å². The minimum absolute atomic E-state index is 0.0770. The molecule has 1 N–H and O–H groups in total. The van der Waals surface area contributed by atoms with Gasteiger partial charge in [0.15, 0.2) is 5.69 Å². The summed E-state index contributed by atoms with van der Waals surface area (Å²) in [7, 11) is -3.96. The molecule has 2 aromatic carbocycles. The van der Waals surface area contributed by atoms with E-state index in [1.54, 1.807) is 12.1 Å². The summed E-state index contributed by atoms with van der Waals surface area (Å²) in [5.41, 5.74) is 1.49. The molecule has 0 aliphatic rings. The maximum Gasteiger partial charge on any atom is 0.275 e. The molecular formula is C19H15ClFN3O3S. The van der Waals surface area contributed by atoms with Crippen LogP contribution in [0.1, 0.15) is 21.6 Å². The molecule has 28 heavy (non-hydrogen) atoms. The lowest BCUT2D eigenvalue weighted by Gasteiger charge is -2.10. The van der Waals surface area contributed by atoms with Gasteiger partial charge in [-0.15, -0.1) is 0 Å². The smallest absolute Gasteiger partial charge is 0.275 e. The minimum Gasteiger partial charge on any atom is -0.320 e. The number of hydrogen-bond donors (Lipinski definition) is 1. The maximum atomic E-state index is 13.0. The third-order valence-electron chi connectivity index (χ3n) is 3.88. The van der Waals surface area contributed by atoms with Crippen LogP contribution in [0.4, 0.5) is 10.1 Å². The molecule has 0 aliphatic carbocycles. The Kier molecular flexibility index (Phi) is 5.71. The largest absolute Gasteiger partial charge is 0.320 e. The Balaban J connectivity index is 1.89.